The molecule has 0 bridgehead atoms. The van der Waals surface area contributed by atoms with Crippen LogP contribution in [0.2, 0.25) is 0 Å². The highest BCUT2D eigenvalue weighted by atomic mass is 15.1. The lowest BCUT2D eigenvalue weighted by Crippen LogP contribution is -2.16. The topological polar surface area (TPSA) is 8.17 Å². The van der Waals surface area contributed by atoms with Crippen molar-refractivity contribution >= 4 is 44.4 Å². The summed E-state index contributed by atoms with van der Waals surface area (Å²) in [6.45, 7) is 12.9. The van der Waals surface area contributed by atoms with Gasteiger partial charge in [-0.25, -0.2) is 0 Å². The molecular weight excluding hydrogens is 665 g/mol. The van der Waals surface area contributed by atoms with Crippen LogP contribution in [0.25, 0.3) is 55.3 Å². The van der Waals surface area contributed by atoms with E-state index in [-0.39, 0.29) is 5.41 Å². The molecule has 2 nitrogen and oxygen atoms in total. The number of hydrogen-bond acceptors (Lipinski definition) is 1. The van der Waals surface area contributed by atoms with Gasteiger partial charge in [0.2, 0.25) is 0 Å². The first-order chi connectivity index (χ1) is 27.0. The number of nitrogens with zero attached hydrogens (tertiary/aromatic N) is 2. The van der Waals surface area contributed by atoms with Crippen LogP contribution >= 0.6 is 0 Å². The van der Waals surface area contributed by atoms with E-state index < -0.39 is 0 Å². The van der Waals surface area contributed by atoms with Crippen molar-refractivity contribution in [1.29, 1.82) is 0 Å². The van der Waals surface area contributed by atoms with Crippen LogP contribution in [0, 0.1) is 0 Å². The Labute approximate surface area is 326 Å². The Morgan fingerprint density at radius 2 is 1.13 bits per heavy atom. The van der Waals surface area contributed by atoms with Gasteiger partial charge in [-0.2, -0.15) is 0 Å². The molecule has 0 unspecified atom stereocenters. The third-order valence-electron chi connectivity index (χ3n) is 11.1. The Hall–Kier alpha value is -6.38. The summed E-state index contributed by atoms with van der Waals surface area (Å²) in [5, 5.41) is 2.52. The van der Waals surface area contributed by atoms with Gasteiger partial charge < -0.3 is 9.47 Å². The number of benzene rings is 7. The summed E-state index contributed by atoms with van der Waals surface area (Å²) >= 11 is 0. The molecule has 0 amide bonds. The van der Waals surface area contributed by atoms with Gasteiger partial charge in [-0.15, -0.1) is 0 Å². The predicted molar refractivity (Wildman–Crippen MR) is 238 cm³/mol. The van der Waals surface area contributed by atoms with Gasteiger partial charge in [-0.05, 0) is 125 Å². The first kappa shape index (κ1) is 35.6. The molecular formula is C53H48N2. The van der Waals surface area contributed by atoms with E-state index in [2.05, 4.69) is 219 Å². The van der Waals surface area contributed by atoms with Gasteiger partial charge in [0.1, 0.15) is 0 Å². The highest BCUT2D eigenvalue weighted by Crippen LogP contribution is 2.50. The standard InChI is InChI=1S/C51H42N2.C2H6/c1-5-14-35(6-2)36-21-26-40(27-22-36)52(42-30-31-44-43-17-10-12-19-47(43)51(3,4)48(44)34-42)41-28-23-37(24-29-41)38-25-32-50-46(33-38)45-18-11-13-20-49(45)53(50)39-15-8-7-9-16-39;1-2/h5-34H,1-4H3;1-2H3/b14-5-,35-6+;. The van der Waals surface area contributed by atoms with Gasteiger partial charge in [0.15, 0.2) is 0 Å². The van der Waals surface area contributed by atoms with E-state index in [0.29, 0.717) is 0 Å². The molecule has 1 heterocycles. The molecule has 55 heavy (non-hydrogen) atoms. The molecule has 0 spiro atoms. The Balaban J connectivity index is 0.00000210. The van der Waals surface area contributed by atoms with Gasteiger partial charge in [-0.3, -0.25) is 0 Å². The van der Waals surface area contributed by atoms with Gasteiger partial charge >= 0.3 is 0 Å². The number of hydrogen-bond donors (Lipinski definition) is 0. The maximum atomic E-state index is 2.41. The van der Waals surface area contributed by atoms with Crippen LogP contribution in [0.1, 0.15) is 58.2 Å². The number of allylic oxidation sites excluding steroid dienone is 4. The Bertz CT molecular complexity index is 2690. The van der Waals surface area contributed by atoms with Crippen LogP contribution in [0.4, 0.5) is 17.1 Å². The highest BCUT2D eigenvalue weighted by molar-refractivity contribution is 6.10. The van der Waals surface area contributed by atoms with Gasteiger partial charge in [0.25, 0.3) is 0 Å². The molecule has 0 atom stereocenters. The SMILES string of the molecule is C/C=C\C(=C/C)c1ccc(N(c2ccc(-c3ccc4c(c3)c3ccccc3n4-c3ccccc3)cc2)c2ccc3c(c2)C(C)(C)c2ccccc2-3)cc1.CC. The molecule has 1 aliphatic rings. The first-order valence-corrected chi connectivity index (χ1v) is 19.6. The Morgan fingerprint density at radius 1 is 0.527 bits per heavy atom. The summed E-state index contributed by atoms with van der Waals surface area (Å²) in [6, 6.07) is 60.2. The van der Waals surface area contributed by atoms with Crippen LogP contribution in [0.3, 0.4) is 0 Å². The van der Waals surface area contributed by atoms with Crippen LogP contribution in [-0.2, 0) is 5.41 Å². The fourth-order valence-corrected chi connectivity index (χ4v) is 8.43. The number of fused-ring (bicyclic) bond motifs is 6. The quantitative estimate of drug-likeness (QED) is 0.149. The van der Waals surface area contributed by atoms with E-state index in [0.717, 1.165) is 17.1 Å². The summed E-state index contributed by atoms with van der Waals surface area (Å²) in [5.74, 6) is 0. The van der Waals surface area contributed by atoms with Crippen molar-refractivity contribution in [2.45, 2.75) is 47.0 Å². The minimum atomic E-state index is -0.0864. The molecule has 0 N–H and O–H groups in total. The first-order valence-electron chi connectivity index (χ1n) is 19.6. The second-order valence-corrected chi connectivity index (χ2v) is 14.5. The smallest absolute Gasteiger partial charge is 0.0541 e. The van der Waals surface area contributed by atoms with Gasteiger partial charge in [0.05, 0.1) is 11.0 Å². The van der Waals surface area contributed by atoms with E-state index in [1.165, 1.54) is 72.0 Å². The van der Waals surface area contributed by atoms with Crippen molar-refractivity contribution in [3.8, 4) is 27.9 Å². The Kier molecular flexibility index (Phi) is 9.59. The lowest BCUT2D eigenvalue weighted by Gasteiger charge is -2.28. The molecule has 0 aliphatic heterocycles. The lowest BCUT2D eigenvalue weighted by atomic mass is 9.82. The summed E-state index contributed by atoms with van der Waals surface area (Å²) in [5.41, 5.74) is 17.2. The molecule has 2 heteroatoms. The normalized spacial score (nSPS) is 13.1. The minimum absolute atomic E-state index is 0.0864. The fourth-order valence-electron chi connectivity index (χ4n) is 8.43. The summed E-state index contributed by atoms with van der Waals surface area (Å²) < 4.78 is 2.37. The molecule has 7 aromatic carbocycles. The summed E-state index contributed by atoms with van der Waals surface area (Å²) in [7, 11) is 0. The van der Waals surface area contributed by atoms with Crippen molar-refractivity contribution in [2.75, 3.05) is 4.90 Å². The number of aromatic nitrogens is 1. The second kappa shape index (κ2) is 14.8. The van der Waals surface area contributed by atoms with E-state index in [9.17, 15) is 0 Å². The van der Waals surface area contributed by atoms with Crippen molar-refractivity contribution in [3.63, 3.8) is 0 Å². The number of rotatable bonds is 7. The van der Waals surface area contributed by atoms with Crippen molar-refractivity contribution in [2.24, 2.45) is 0 Å². The van der Waals surface area contributed by atoms with Crippen LogP contribution in [-0.4, -0.2) is 4.57 Å². The molecule has 1 aromatic heterocycles. The monoisotopic (exact) mass is 712 g/mol. The van der Waals surface area contributed by atoms with E-state index in [4.69, 9.17) is 0 Å². The molecule has 0 saturated carbocycles. The molecule has 0 fully saturated rings. The second-order valence-electron chi connectivity index (χ2n) is 14.5. The van der Waals surface area contributed by atoms with Crippen LogP contribution in [0.15, 0.2) is 182 Å². The van der Waals surface area contributed by atoms with E-state index in [1.807, 2.05) is 13.8 Å². The van der Waals surface area contributed by atoms with Gasteiger partial charge in [0, 0.05) is 38.9 Å². The zero-order chi connectivity index (χ0) is 38.1. The average Bonchev–Trinajstić information content (AvgIpc) is 3.69. The lowest BCUT2D eigenvalue weighted by molar-refractivity contribution is 0.660. The average molecular weight is 713 g/mol. The highest BCUT2D eigenvalue weighted by Gasteiger charge is 2.35. The van der Waals surface area contributed by atoms with E-state index in [1.54, 1.807) is 0 Å². The van der Waals surface area contributed by atoms with Crippen molar-refractivity contribution in [1.82, 2.24) is 4.57 Å². The zero-order valence-corrected chi connectivity index (χ0v) is 32.7. The molecule has 1 aliphatic carbocycles. The maximum absolute atomic E-state index is 2.41. The predicted octanol–water partition coefficient (Wildman–Crippen LogP) is 15.2. The number of anilines is 3. The Morgan fingerprint density at radius 3 is 1.85 bits per heavy atom. The number of para-hydroxylation sites is 2. The zero-order valence-electron chi connectivity index (χ0n) is 32.7. The van der Waals surface area contributed by atoms with E-state index >= 15 is 0 Å². The largest absolute Gasteiger partial charge is 0.310 e. The molecule has 0 radical (unpaired) electrons. The maximum Gasteiger partial charge on any atom is 0.0541 e. The minimum Gasteiger partial charge on any atom is -0.310 e. The van der Waals surface area contributed by atoms with Crippen molar-refractivity contribution < 1.29 is 0 Å². The third-order valence-corrected chi connectivity index (χ3v) is 11.1. The third kappa shape index (κ3) is 6.18. The molecule has 9 rings (SSSR count). The molecule has 0 saturated heterocycles. The summed E-state index contributed by atoms with van der Waals surface area (Å²) in [6.07, 6.45) is 6.44. The molecule has 270 valence electrons. The van der Waals surface area contributed by atoms with Crippen LogP contribution in [0.5, 0.6) is 0 Å². The fraction of sp³-hybridized carbons (Fsp3) is 0.132. The van der Waals surface area contributed by atoms with Crippen molar-refractivity contribution in [3.05, 3.63) is 199 Å². The van der Waals surface area contributed by atoms with Gasteiger partial charge in [-0.1, -0.05) is 143 Å². The summed E-state index contributed by atoms with van der Waals surface area (Å²) in [4.78, 5) is 2.40. The molecule has 8 aromatic rings. The van der Waals surface area contributed by atoms with Crippen LogP contribution < -0.4 is 4.90 Å².